The van der Waals surface area contributed by atoms with Crippen LogP contribution < -0.4 is 5.43 Å². The largest absolute Gasteiger partial charge is 0.364 e. The van der Waals surface area contributed by atoms with Crippen molar-refractivity contribution in [3.05, 3.63) is 33.7 Å². The molecule has 0 saturated carbocycles. The quantitative estimate of drug-likeness (QED) is 0.636. The Bertz CT molecular complexity index is 457. The van der Waals surface area contributed by atoms with Crippen molar-refractivity contribution in [2.45, 2.75) is 26.2 Å². The summed E-state index contributed by atoms with van der Waals surface area (Å²) in [6.45, 7) is 2.43. The molecule has 1 aromatic heterocycles. The van der Waals surface area contributed by atoms with E-state index in [4.69, 9.17) is 11.6 Å². The van der Waals surface area contributed by atoms with Gasteiger partial charge in [-0.05, 0) is 19.8 Å². The molecule has 0 saturated heterocycles. The second-order valence-corrected chi connectivity index (χ2v) is 4.75. The molecule has 0 aromatic carbocycles. The van der Waals surface area contributed by atoms with Gasteiger partial charge >= 0.3 is 0 Å². The monoisotopic (exact) mass is 270 g/mol. The van der Waals surface area contributed by atoms with E-state index in [1.54, 1.807) is 18.9 Å². The van der Waals surface area contributed by atoms with E-state index >= 15 is 0 Å². The first-order chi connectivity index (χ1) is 8.56. The number of rotatable bonds is 6. The highest BCUT2D eigenvalue weighted by Gasteiger charge is 2.14. The number of unbranched alkanes of at least 4 members (excludes halogenated alkanes) is 2. The van der Waals surface area contributed by atoms with Crippen LogP contribution in [0.5, 0.6) is 0 Å². The van der Waals surface area contributed by atoms with Gasteiger partial charge in [-0.3, -0.25) is 9.59 Å². The lowest BCUT2D eigenvalue weighted by atomic mass is 10.2. The first kappa shape index (κ1) is 14.8. The van der Waals surface area contributed by atoms with E-state index < -0.39 is 0 Å². The van der Waals surface area contributed by atoms with Crippen molar-refractivity contribution in [2.24, 2.45) is 0 Å². The van der Waals surface area contributed by atoms with Gasteiger partial charge in [-0.25, -0.2) is 0 Å². The summed E-state index contributed by atoms with van der Waals surface area (Å²) in [6, 6.07) is 1.44. The Labute approximate surface area is 112 Å². The summed E-state index contributed by atoms with van der Waals surface area (Å²) in [6.07, 6.45) is 4.33. The van der Waals surface area contributed by atoms with Gasteiger partial charge in [0.2, 0.25) is 0 Å². The number of halogens is 1. The lowest BCUT2D eigenvalue weighted by Gasteiger charge is -2.16. The molecule has 0 aliphatic heterocycles. The summed E-state index contributed by atoms with van der Waals surface area (Å²) in [5.74, 6) is 0.414. The van der Waals surface area contributed by atoms with E-state index in [1.807, 2.05) is 0 Å². The number of aromatic amines is 1. The van der Waals surface area contributed by atoms with Crippen LogP contribution in [0.1, 0.15) is 35.3 Å². The zero-order valence-electron chi connectivity index (χ0n) is 10.8. The van der Waals surface area contributed by atoms with Crippen LogP contribution in [-0.2, 0) is 0 Å². The number of hydrogen-bond acceptors (Lipinski definition) is 2. The van der Waals surface area contributed by atoms with Crippen molar-refractivity contribution >= 4 is 17.5 Å². The fourth-order valence-electron chi connectivity index (χ4n) is 1.67. The summed E-state index contributed by atoms with van der Waals surface area (Å²) in [7, 11) is 1.71. The normalized spacial score (nSPS) is 10.4. The zero-order valence-corrected chi connectivity index (χ0v) is 11.6. The van der Waals surface area contributed by atoms with Crippen LogP contribution in [0.4, 0.5) is 0 Å². The molecular weight excluding hydrogens is 252 g/mol. The molecule has 1 rings (SSSR count). The highest BCUT2D eigenvalue weighted by molar-refractivity contribution is 6.17. The third kappa shape index (κ3) is 4.18. The van der Waals surface area contributed by atoms with Gasteiger partial charge in [0.25, 0.3) is 5.91 Å². The maximum Gasteiger partial charge on any atom is 0.259 e. The molecule has 5 heteroatoms. The standard InChI is InChI=1S/C13H19ClN2O2/c1-10-8-12(17)11(9-15-10)13(18)16(2)7-5-3-4-6-14/h8-9H,3-7H2,1-2H3,(H,15,17). The van der Waals surface area contributed by atoms with Crippen LogP contribution in [0, 0.1) is 6.92 Å². The summed E-state index contributed by atoms with van der Waals surface area (Å²) < 4.78 is 0. The number of nitrogens with one attached hydrogen (secondary N) is 1. The minimum Gasteiger partial charge on any atom is -0.364 e. The summed E-state index contributed by atoms with van der Waals surface area (Å²) in [5.41, 5.74) is 0.714. The number of aromatic nitrogens is 1. The second-order valence-electron chi connectivity index (χ2n) is 4.37. The average molecular weight is 271 g/mol. The van der Waals surface area contributed by atoms with Crippen LogP contribution in [0.2, 0.25) is 0 Å². The number of H-pyrrole nitrogens is 1. The number of pyridine rings is 1. The fraction of sp³-hybridized carbons (Fsp3) is 0.538. The van der Waals surface area contributed by atoms with E-state index in [9.17, 15) is 9.59 Å². The Kier molecular flexibility index (Phi) is 5.92. The molecule has 0 aliphatic rings. The van der Waals surface area contributed by atoms with Gasteiger partial charge in [0.05, 0.1) is 0 Å². The van der Waals surface area contributed by atoms with E-state index in [-0.39, 0.29) is 16.9 Å². The Morgan fingerprint density at radius 2 is 2.11 bits per heavy atom. The molecule has 1 heterocycles. The molecular formula is C13H19ClN2O2. The molecule has 0 spiro atoms. The molecule has 18 heavy (non-hydrogen) atoms. The fourth-order valence-corrected chi connectivity index (χ4v) is 1.86. The Morgan fingerprint density at radius 1 is 1.39 bits per heavy atom. The summed E-state index contributed by atoms with van der Waals surface area (Å²) in [4.78, 5) is 28.2. The molecule has 0 radical (unpaired) electrons. The number of amides is 1. The van der Waals surface area contributed by atoms with E-state index in [2.05, 4.69) is 4.98 Å². The maximum atomic E-state index is 12.0. The predicted molar refractivity (Wildman–Crippen MR) is 73.3 cm³/mol. The molecule has 0 unspecified atom stereocenters. The van der Waals surface area contributed by atoms with Gasteiger partial charge in [0.15, 0.2) is 5.43 Å². The zero-order chi connectivity index (χ0) is 13.5. The number of nitrogens with zero attached hydrogens (tertiary/aromatic N) is 1. The maximum absolute atomic E-state index is 12.0. The molecule has 1 amide bonds. The minimum absolute atomic E-state index is 0.195. The van der Waals surface area contributed by atoms with Crippen LogP contribution in [0.15, 0.2) is 17.1 Å². The molecule has 100 valence electrons. The van der Waals surface area contributed by atoms with E-state index in [1.165, 1.54) is 12.3 Å². The van der Waals surface area contributed by atoms with Gasteiger partial charge in [0, 0.05) is 37.4 Å². The van der Waals surface area contributed by atoms with Crippen molar-refractivity contribution in [3.8, 4) is 0 Å². The van der Waals surface area contributed by atoms with Crippen LogP contribution in [0.25, 0.3) is 0 Å². The minimum atomic E-state index is -0.234. The third-order valence-corrected chi connectivity index (χ3v) is 3.03. The van der Waals surface area contributed by atoms with Crippen molar-refractivity contribution in [2.75, 3.05) is 19.5 Å². The highest BCUT2D eigenvalue weighted by atomic mass is 35.5. The van der Waals surface area contributed by atoms with Crippen LogP contribution in [-0.4, -0.2) is 35.3 Å². The molecule has 4 nitrogen and oxygen atoms in total. The Balaban J connectivity index is 2.60. The summed E-state index contributed by atoms with van der Waals surface area (Å²) >= 11 is 5.58. The predicted octanol–water partition coefficient (Wildman–Crippen LogP) is 2.16. The first-order valence-corrected chi connectivity index (χ1v) is 6.60. The smallest absolute Gasteiger partial charge is 0.259 e. The molecule has 1 N–H and O–H groups in total. The number of alkyl halides is 1. The third-order valence-electron chi connectivity index (χ3n) is 2.76. The number of carbonyl (C=O) groups is 1. The van der Waals surface area contributed by atoms with Gasteiger partial charge in [-0.15, -0.1) is 11.6 Å². The topological polar surface area (TPSA) is 53.2 Å². The van der Waals surface area contributed by atoms with Crippen molar-refractivity contribution < 1.29 is 4.79 Å². The average Bonchev–Trinajstić information content (AvgIpc) is 2.33. The highest BCUT2D eigenvalue weighted by Crippen LogP contribution is 2.02. The van der Waals surface area contributed by atoms with Crippen molar-refractivity contribution in [1.29, 1.82) is 0 Å². The van der Waals surface area contributed by atoms with Gasteiger partial charge in [-0.1, -0.05) is 6.42 Å². The van der Waals surface area contributed by atoms with Gasteiger partial charge in [0.1, 0.15) is 5.56 Å². The molecule has 0 fully saturated rings. The molecule has 1 aromatic rings. The first-order valence-electron chi connectivity index (χ1n) is 6.07. The molecule has 0 aliphatic carbocycles. The van der Waals surface area contributed by atoms with Crippen molar-refractivity contribution in [3.63, 3.8) is 0 Å². The second kappa shape index (κ2) is 7.21. The van der Waals surface area contributed by atoms with Gasteiger partial charge < -0.3 is 9.88 Å². The van der Waals surface area contributed by atoms with E-state index in [0.29, 0.717) is 12.4 Å². The SMILES string of the molecule is Cc1cc(=O)c(C(=O)N(C)CCCCCCl)c[nH]1. The number of aryl methyl sites for hydroxylation is 1. The lowest BCUT2D eigenvalue weighted by molar-refractivity contribution is 0.0791. The molecule has 0 atom stereocenters. The Hall–Kier alpha value is -1.29. The van der Waals surface area contributed by atoms with Crippen LogP contribution in [0.3, 0.4) is 0 Å². The summed E-state index contributed by atoms with van der Waals surface area (Å²) in [5, 5.41) is 0. The van der Waals surface area contributed by atoms with E-state index in [0.717, 1.165) is 25.0 Å². The number of carbonyl (C=O) groups excluding carboxylic acids is 1. The lowest BCUT2D eigenvalue weighted by Crippen LogP contribution is -2.31. The number of hydrogen-bond donors (Lipinski definition) is 1. The van der Waals surface area contributed by atoms with Crippen LogP contribution >= 0.6 is 11.6 Å². The van der Waals surface area contributed by atoms with Gasteiger partial charge in [-0.2, -0.15) is 0 Å². The van der Waals surface area contributed by atoms with Crippen molar-refractivity contribution in [1.82, 2.24) is 9.88 Å². The Morgan fingerprint density at radius 3 is 2.72 bits per heavy atom. The molecule has 0 bridgehead atoms.